The number of nitrogens with two attached hydrogens (primary N) is 1. The molecule has 4 nitrogen and oxygen atoms in total. The van der Waals surface area contributed by atoms with Gasteiger partial charge in [0.2, 0.25) is 0 Å². The summed E-state index contributed by atoms with van der Waals surface area (Å²) in [6, 6.07) is 14.7. The van der Waals surface area contributed by atoms with Gasteiger partial charge in [-0.3, -0.25) is 4.79 Å². The van der Waals surface area contributed by atoms with Gasteiger partial charge in [-0.15, -0.1) is 0 Å². The standard InChI is InChI=1S/C15H15ClN2O2/c16-12-7-4-8-13(17)15(12)20-10-14(19)18-9-11-5-2-1-3-6-11/h1-8H,9-10,17H2,(H,18,19). The summed E-state index contributed by atoms with van der Waals surface area (Å²) in [5, 5.41) is 3.15. The van der Waals surface area contributed by atoms with E-state index in [4.69, 9.17) is 22.1 Å². The first-order valence-corrected chi connectivity index (χ1v) is 6.52. The van der Waals surface area contributed by atoms with Gasteiger partial charge in [0.15, 0.2) is 12.4 Å². The zero-order valence-electron chi connectivity index (χ0n) is 10.8. The molecule has 0 fully saturated rings. The number of carbonyl (C=O) groups is 1. The number of rotatable bonds is 5. The molecule has 0 aliphatic heterocycles. The number of amides is 1. The number of carbonyl (C=O) groups excluding carboxylic acids is 1. The maximum absolute atomic E-state index is 11.7. The third kappa shape index (κ3) is 3.90. The number of hydrogen-bond acceptors (Lipinski definition) is 3. The van der Waals surface area contributed by atoms with Crippen LogP contribution in [0.25, 0.3) is 0 Å². The average molecular weight is 291 g/mol. The monoisotopic (exact) mass is 290 g/mol. The van der Waals surface area contributed by atoms with E-state index in [1.54, 1.807) is 18.2 Å². The summed E-state index contributed by atoms with van der Waals surface area (Å²) in [6.07, 6.45) is 0. The number of benzene rings is 2. The molecule has 0 aliphatic rings. The van der Waals surface area contributed by atoms with Gasteiger partial charge in [0.05, 0.1) is 10.7 Å². The van der Waals surface area contributed by atoms with Crippen molar-refractivity contribution in [2.45, 2.75) is 6.54 Å². The molecule has 0 aromatic heterocycles. The number of nitrogens with one attached hydrogen (secondary N) is 1. The Bertz CT molecular complexity index is 567. The molecule has 2 rings (SSSR count). The van der Waals surface area contributed by atoms with Crippen molar-refractivity contribution in [1.82, 2.24) is 5.32 Å². The fraction of sp³-hybridized carbons (Fsp3) is 0.133. The molecule has 20 heavy (non-hydrogen) atoms. The lowest BCUT2D eigenvalue weighted by Crippen LogP contribution is -2.28. The highest BCUT2D eigenvalue weighted by Crippen LogP contribution is 2.30. The molecule has 3 N–H and O–H groups in total. The normalized spacial score (nSPS) is 10.1. The molecular formula is C15H15ClN2O2. The quantitative estimate of drug-likeness (QED) is 0.832. The highest BCUT2D eigenvalue weighted by molar-refractivity contribution is 6.32. The van der Waals surface area contributed by atoms with E-state index in [1.807, 2.05) is 30.3 Å². The van der Waals surface area contributed by atoms with Gasteiger partial charge in [0.25, 0.3) is 5.91 Å². The second-order valence-corrected chi connectivity index (χ2v) is 4.62. The van der Waals surface area contributed by atoms with Crippen molar-refractivity contribution < 1.29 is 9.53 Å². The molecule has 5 heteroatoms. The van der Waals surface area contributed by atoms with E-state index in [-0.39, 0.29) is 12.5 Å². The van der Waals surface area contributed by atoms with E-state index in [1.165, 1.54) is 0 Å². The van der Waals surface area contributed by atoms with Crippen LogP contribution in [0.4, 0.5) is 5.69 Å². The number of nitrogen functional groups attached to an aromatic ring is 1. The van der Waals surface area contributed by atoms with Crippen molar-refractivity contribution in [3.05, 3.63) is 59.1 Å². The number of ether oxygens (including phenoxy) is 1. The van der Waals surface area contributed by atoms with Gasteiger partial charge >= 0.3 is 0 Å². The first-order valence-electron chi connectivity index (χ1n) is 6.14. The van der Waals surface area contributed by atoms with Gasteiger partial charge in [0.1, 0.15) is 0 Å². The van der Waals surface area contributed by atoms with Gasteiger partial charge < -0.3 is 15.8 Å². The Kier molecular flexibility index (Phi) is 4.85. The third-order valence-electron chi connectivity index (χ3n) is 2.68. The molecule has 2 aromatic rings. The Hall–Kier alpha value is -2.20. The van der Waals surface area contributed by atoms with E-state index >= 15 is 0 Å². The van der Waals surface area contributed by atoms with Gasteiger partial charge in [0, 0.05) is 6.54 Å². The lowest BCUT2D eigenvalue weighted by molar-refractivity contribution is -0.123. The first kappa shape index (κ1) is 14.2. The topological polar surface area (TPSA) is 64.3 Å². The number of para-hydroxylation sites is 1. The van der Waals surface area contributed by atoms with Crippen molar-refractivity contribution in [1.29, 1.82) is 0 Å². The Morgan fingerprint density at radius 3 is 2.60 bits per heavy atom. The predicted octanol–water partition coefficient (Wildman–Crippen LogP) is 2.62. The minimum atomic E-state index is -0.229. The van der Waals surface area contributed by atoms with Gasteiger partial charge in [-0.1, -0.05) is 48.0 Å². The van der Waals surface area contributed by atoms with Crippen LogP contribution in [0, 0.1) is 0 Å². The molecule has 2 aromatic carbocycles. The zero-order valence-corrected chi connectivity index (χ0v) is 11.6. The van der Waals surface area contributed by atoms with Crippen LogP contribution in [-0.2, 0) is 11.3 Å². The fourth-order valence-corrected chi connectivity index (χ4v) is 1.90. The van der Waals surface area contributed by atoms with Crippen LogP contribution in [-0.4, -0.2) is 12.5 Å². The molecular weight excluding hydrogens is 276 g/mol. The second kappa shape index (κ2) is 6.82. The van der Waals surface area contributed by atoms with Crippen LogP contribution < -0.4 is 15.8 Å². The number of anilines is 1. The predicted molar refractivity (Wildman–Crippen MR) is 79.6 cm³/mol. The molecule has 0 spiro atoms. The molecule has 0 radical (unpaired) electrons. The van der Waals surface area contributed by atoms with Crippen LogP contribution in [0.5, 0.6) is 5.75 Å². The number of hydrogen-bond donors (Lipinski definition) is 2. The van der Waals surface area contributed by atoms with Crippen LogP contribution in [0.3, 0.4) is 0 Å². The summed E-state index contributed by atoms with van der Waals surface area (Å²) >= 11 is 5.95. The minimum absolute atomic E-state index is 0.124. The van der Waals surface area contributed by atoms with Crippen molar-refractivity contribution >= 4 is 23.2 Å². The lowest BCUT2D eigenvalue weighted by atomic mass is 10.2. The highest BCUT2D eigenvalue weighted by atomic mass is 35.5. The van der Waals surface area contributed by atoms with Crippen molar-refractivity contribution in [3.8, 4) is 5.75 Å². The SMILES string of the molecule is Nc1cccc(Cl)c1OCC(=O)NCc1ccccc1. The summed E-state index contributed by atoms with van der Waals surface area (Å²) in [6.45, 7) is 0.335. The molecule has 1 amide bonds. The van der Waals surface area contributed by atoms with Crippen molar-refractivity contribution in [3.63, 3.8) is 0 Å². The Labute approximate surface area is 122 Å². The molecule has 0 bridgehead atoms. The third-order valence-corrected chi connectivity index (χ3v) is 2.98. The first-order chi connectivity index (χ1) is 9.66. The van der Waals surface area contributed by atoms with E-state index in [0.717, 1.165) is 5.56 Å². The van der Waals surface area contributed by atoms with Crippen LogP contribution in [0.2, 0.25) is 5.02 Å². The Balaban J connectivity index is 1.84. The maximum Gasteiger partial charge on any atom is 0.258 e. The Morgan fingerprint density at radius 1 is 1.15 bits per heavy atom. The summed E-state index contributed by atoms with van der Waals surface area (Å²) in [5.41, 5.74) is 7.17. The van der Waals surface area contributed by atoms with E-state index < -0.39 is 0 Å². The highest BCUT2D eigenvalue weighted by Gasteiger charge is 2.08. The fourth-order valence-electron chi connectivity index (χ4n) is 1.66. The van der Waals surface area contributed by atoms with Crippen molar-refractivity contribution in [2.75, 3.05) is 12.3 Å². The molecule has 0 unspecified atom stereocenters. The van der Waals surface area contributed by atoms with Gasteiger partial charge in [-0.25, -0.2) is 0 Å². The van der Waals surface area contributed by atoms with E-state index in [2.05, 4.69) is 5.32 Å². The van der Waals surface area contributed by atoms with Gasteiger partial charge in [-0.2, -0.15) is 0 Å². The van der Waals surface area contributed by atoms with Crippen LogP contribution >= 0.6 is 11.6 Å². The second-order valence-electron chi connectivity index (χ2n) is 4.21. The molecule has 104 valence electrons. The van der Waals surface area contributed by atoms with Gasteiger partial charge in [-0.05, 0) is 17.7 Å². The molecule has 0 atom stereocenters. The zero-order chi connectivity index (χ0) is 14.4. The average Bonchev–Trinajstić information content (AvgIpc) is 2.46. The van der Waals surface area contributed by atoms with Crippen LogP contribution in [0.15, 0.2) is 48.5 Å². The Morgan fingerprint density at radius 2 is 1.90 bits per heavy atom. The van der Waals surface area contributed by atoms with E-state index in [0.29, 0.717) is 23.0 Å². The summed E-state index contributed by atoms with van der Waals surface area (Å²) in [5.74, 6) is 0.109. The maximum atomic E-state index is 11.7. The van der Waals surface area contributed by atoms with Crippen LogP contribution in [0.1, 0.15) is 5.56 Å². The lowest BCUT2D eigenvalue weighted by Gasteiger charge is -2.10. The summed E-state index contributed by atoms with van der Waals surface area (Å²) in [7, 11) is 0. The smallest absolute Gasteiger partial charge is 0.258 e. The largest absolute Gasteiger partial charge is 0.480 e. The van der Waals surface area contributed by atoms with E-state index in [9.17, 15) is 4.79 Å². The minimum Gasteiger partial charge on any atom is -0.480 e. The molecule has 0 saturated carbocycles. The summed E-state index contributed by atoms with van der Waals surface area (Å²) < 4.78 is 5.35. The molecule has 0 heterocycles. The number of halogens is 1. The van der Waals surface area contributed by atoms with Crippen molar-refractivity contribution in [2.24, 2.45) is 0 Å². The summed E-state index contributed by atoms with van der Waals surface area (Å²) in [4.78, 5) is 11.7. The molecule has 0 saturated heterocycles. The molecule has 0 aliphatic carbocycles.